The Kier molecular flexibility index (Phi) is 5.74. The van der Waals surface area contributed by atoms with Crippen LogP contribution in [-0.2, 0) is 0 Å². The molecule has 0 saturated heterocycles. The quantitative estimate of drug-likeness (QED) is 0.709. The van der Waals surface area contributed by atoms with Crippen molar-refractivity contribution in [3.8, 4) is 11.5 Å². The first-order valence-electron chi connectivity index (χ1n) is 6.41. The Balaban J connectivity index is 1.77. The zero-order valence-corrected chi connectivity index (χ0v) is 13.5. The SMILES string of the molecule is CC(COc1ccccc1)COc1ccc(Br)c(Cl)c1. The molecule has 1 unspecified atom stereocenters. The summed E-state index contributed by atoms with van der Waals surface area (Å²) in [5.74, 6) is 1.94. The number of rotatable bonds is 6. The van der Waals surface area contributed by atoms with Gasteiger partial charge in [-0.15, -0.1) is 0 Å². The predicted octanol–water partition coefficient (Wildman–Crippen LogP) is 5.20. The highest BCUT2D eigenvalue weighted by Crippen LogP contribution is 2.27. The van der Waals surface area contributed by atoms with Crippen LogP contribution in [-0.4, -0.2) is 13.2 Å². The van der Waals surface area contributed by atoms with Gasteiger partial charge >= 0.3 is 0 Å². The molecule has 0 aliphatic heterocycles. The molecule has 0 bridgehead atoms. The second-order valence-electron chi connectivity index (χ2n) is 4.62. The molecule has 1 atom stereocenters. The lowest BCUT2D eigenvalue weighted by Crippen LogP contribution is -2.16. The van der Waals surface area contributed by atoms with Gasteiger partial charge < -0.3 is 9.47 Å². The van der Waals surface area contributed by atoms with E-state index in [0.717, 1.165) is 16.0 Å². The minimum absolute atomic E-state index is 0.289. The molecule has 2 aromatic rings. The number of hydrogen-bond donors (Lipinski definition) is 0. The maximum Gasteiger partial charge on any atom is 0.120 e. The van der Waals surface area contributed by atoms with Gasteiger partial charge in [0.2, 0.25) is 0 Å². The van der Waals surface area contributed by atoms with Crippen molar-refractivity contribution in [2.45, 2.75) is 6.92 Å². The summed E-state index contributed by atoms with van der Waals surface area (Å²) in [5, 5.41) is 0.649. The molecule has 0 aliphatic rings. The molecule has 2 nitrogen and oxygen atoms in total. The summed E-state index contributed by atoms with van der Waals surface area (Å²) in [7, 11) is 0. The first-order chi connectivity index (χ1) is 9.65. The van der Waals surface area contributed by atoms with E-state index in [-0.39, 0.29) is 5.92 Å². The Morgan fingerprint density at radius 1 is 1.00 bits per heavy atom. The van der Waals surface area contributed by atoms with Crippen molar-refractivity contribution >= 4 is 27.5 Å². The van der Waals surface area contributed by atoms with E-state index in [1.165, 1.54) is 0 Å². The third-order valence-electron chi connectivity index (χ3n) is 2.70. The number of para-hydroxylation sites is 1. The molecule has 0 N–H and O–H groups in total. The molecule has 0 aliphatic carbocycles. The molecule has 0 amide bonds. The molecular weight excluding hydrogens is 340 g/mol. The maximum absolute atomic E-state index is 6.02. The van der Waals surface area contributed by atoms with Gasteiger partial charge in [-0.1, -0.05) is 36.7 Å². The normalized spacial score (nSPS) is 11.9. The highest BCUT2D eigenvalue weighted by atomic mass is 79.9. The van der Waals surface area contributed by atoms with Gasteiger partial charge in [-0.2, -0.15) is 0 Å². The van der Waals surface area contributed by atoms with E-state index in [4.69, 9.17) is 21.1 Å². The number of benzene rings is 2. The van der Waals surface area contributed by atoms with Gasteiger partial charge in [0.05, 0.1) is 18.2 Å². The second-order valence-corrected chi connectivity index (χ2v) is 5.88. The van der Waals surface area contributed by atoms with E-state index in [9.17, 15) is 0 Å². The van der Waals surface area contributed by atoms with Crippen LogP contribution in [0.3, 0.4) is 0 Å². The number of halogens is 2. The predicted molar refractivity (Wildman–Crippen MR) is 85.7 cm³/mol. The molecule has 2 rings (SSSR count). The van der Waals surface area contributed by atoms with Gasteiger partial charge in [-0.3, -0.25) is 0 Å². The summed E-state index contributed by atoms with van der Waals surface area (Å²) >= 11 is 9.37. The van der Waals surface area contributed by atoms with E-state index < -0.39 is 0 Å². The Bertz CT molecular complexity index is 545. The van der Waals surface area contributed by atoms with Crippen LogP contribution < -0.4 is 9.47 Å². The average Bonchev–Trinajstić information content (AvgIpc) is 2.47. The van der Waals surface area contributed by atoms with E-state index in [2.05, 4.69) is 22.9 Å². The van der Waals surface area contributed by atoms with Gasteiger partial charge in [0.15, 0.2) is 0 Å². The summed E-state index contributed by atoms with van der Waals surface area (Å²) in [6.07, 6.45) is 0. The van der Waals surface area contributed by atoms with Crippen LogP contribution in [0.25, 0.3) is 0 Å². The largest absolute Gasteiger partial charge is 0.493 e. The van der Waals surface area contributed by atoms with Crippen molar-refractivity contribution in [3.63, 3.8) is 0 Å². The fourth-order valence-electron chi connectivity index (χ4n) is 1.61. The van der Waals surface area contributed by atoms with Gasteiger partial charge in [-0.25, -0.2) is 0 Å². The van der Waals surface area contributed by atoms with E-state index >= 15 is 0 Å². The van der Waals surface area contributed by atoms with Crippen molar-refractivity contribution in [2.75, 3.05) is 13.2 Å². The Labute approximate surface area is 132 Å². The van der Waals surface area contributed by atoms with Gasteiger partial charge in [0, 0.05) is 10.4 Å². The summed E-state index contributed by atoms with van der Waals surface area (Å²) in [5.41, 5.74) is 0. The topological polar surface area (TPSA) is 18.5 Å². The van der Waals surface area contributed by atoms with Crippen molar-refractivity contribution in [1.29, 1.82) is 0 Å². The van der Waals surface area contributed by atoms with Crippen molar-refractivity contribution in [3.05, 3.63) is 58.0 Å². The maximum atomic E-state index is 6.02. The van der Waals surface area contributed by atoms with E-state index in [1.54, 1.807) is 6.07 Å². The summed E-state index contributed by atoms with van der Waals surface area (Å²) < 4.78 is 12.3. The molecule has 20 heavy (non-hydrogen) atoms. The summed E-state index contributed by atoms with van der Waals surface area (Å²) in [6.45, 7) is 3.29. The molecule has 0 spiro atoms. The fraction of sp³-hybridized carbons (Fsp3) is 0.250. The summed E-state index contributed by atoms with van der Waals surface area (Å²) in [4.78, 5) is 0. The average molecular weight is 356 g/mol. The Hall–Kier alpha value is -1.19. The van der Waals surface area contributed by atoms with Gasteiger partial charge in [0.1, 0.15) is 11.5 Å². The number of hydrogen-bond acceptors (Lipinski definition) is 2. The molecule has 0 heterocycles. The van der Waals surface area contributed by atoms with E-state index in [1.807, 2.05) is 42.5 Å². The van der Waals surface area contributed by atoms with Crippen LogP contribution in [0.1, 0.15) is 6.92 Å². The Morgan fingerprint density at radius 3 is 2.30 bits per heavy atom. The van der Waals surface area contributed by atoms with Gasteiger partial charge in [0.25, 0.3) is 0 Å². The highest BCUT2D eigenvalue weighted by molar-refractivity contribution is 9.10. The zero-order valence-electron chi connectivity index (χ0n) is 11.2. The van der Waals surface area contributed by atoms with Crippen LogP contribution in [0.2, 0.25) is 5.02 Å². The van der Waals surface area contributed by atoms with Crippen LogP contribution in [0, 0.1) is 5.92 Å². The van der Waals surface area contributed by atoms with Crippen LogP contribution >= 0.6 is 27.5 Å². The minimum atomic E-state index is 0.289. The molecule has 4 heteroatoms. The third-order valence-corrected chi connectivity index (χ3v) is 3.94. The fourth-order valence-corrected chi connectivity index (χ4v) is 2.03. The van der Waals surface area contributed by atoms with Crippen LogP contribution in [0.4, 0.5) is 0 Å². The van der Waals surface area contributed by atoms with E-state index in [0.29, 0.717) is 18.2 Å². The summed E-state index contributed by atoms with van der Waals surface area (Å²) in [6, 6.07) is 15.3. The lowest BCUT2D eigenvalue weighted by Gasteiger charge is -2.14. The van der Waals surface area contributed by atoms with Gasteiger partial charge in [-0.05, 0) is 46.3 Å². The molecule has 0 aromatic heterocycles. The molecule has 0 saturated carbocycles. The zero-order chi connectivity index (χ0) is 14.4. The van der Waals surface area contributed by atoms with Crippen molar-refractivity contribution in [1.82, 2.24) is 0 Å². The third kappa shape index (κ3) is 4.73. The molecule has 0 fully saturated rings. The minimum Gasteiger partial charge on any atom is -0.493 e. The first kappa shape index (κ1) is 15.2. The lowest BCUT2D eigenvalue weighted by molar-refractivity contribution is 0.188. The van der Waals surface area contributed by atoms with Crippen LogP contribution in [0.5, 0.6) is 11.5 Å². The van der Waals surface area contributed by atoms with Crippen molar-refractivity contribution < 1.29 is 9.47 Å². The lowest BCUT2D eigenvalue weighted by atomic mass is 10.2. The van der Waals surface area contributed by atoms with Crippen molar-refractivity contribution in [2.24, 2.45) is 5.92 Å². The molecule has 2 aromatic carbocycles. The smallest absolute Gasteiger partial charge is 0.120 e. The monoisotopic (exact) mass is 354 g/mol. The molecular formula is C16H16BrClO2. The Morgan fingerprint density at radius 2 is 1.65 bits per heavy atom. The van der Waals surface area contributed by atoms with Crippen LogP contribution in [0.15, 0.2) is 53.0 Å². The number of ether oxygens (including phenoxy) is 2. The molecule has 106 valence electrons. The highest BCUT2D eigenvalue weighted by Gasteiger charge is 2.06. The second kappa shape index (κ2) is 7.55. The standard InChI is InChI=1S/C16H16BrClO2/c1-12(10-19-13-5-3-2-4-6-13)11-20-14-7-8-15(17)16(18)9-14/h2-9,12H,10-11H2,1H3. The first-order valence-corrected chi connectivity index (χ1v) is 7.58. The molecule has 0 radical (unpaired) electrons.